The van der Waals surface area contributed by atoms with Gasteiger partial charge >= 0.3 is 0 Å². The minimum Gasteiger partial charge on any atom is -0.295 e. The molecule has 1 aliphatic heterocycles. The zero-order chi connectivity index (χ0) is 10.8. The van der Waals surface area contributed by atoms with Gasteiger partial charge in [-0.25, -0.2) is 5.43 Å². The van der Waals surface area contributed by atoms with Crippen molar-refractivity contribution in [2.75, 3.05) is 5.32 Å². The zero-order valence-electron chi connectivity index (χ0n) is 7.77. The Morgan fingerprint density at radius 1 is 1.53 bits per heavy atom. The van der Waals surface area contributed by atoms with Crippen molar-refractivity contribution in [2.45, 2.75) is 13.3 Å². The first-order valence-electron chi connectivity index (χ1n) is 4.12. The molecule has 2 rings (SSSR count). The largest absolute Gasteiger partial charge is 0.295 e. The quantitative estimate of drug-likeness (QED) is 0.719. The lowest BCUT2D eigenvalue weighted by Gasteiger charge is -1.96. The van der Waals surface area contributed by atoms with E-state index in [9.17, 15) is 9.59 Å². The van der Waals surface area contributed by atoms with Gasteiger partial charge in [0.25, 0.3) is 5.91 Å². The molecule has 15 heavy (non-hydrogen) atoms. The van der Waals surface area contributed by atoms with Crippen LogP contribution in [0.15, 0.2) is 5.10 Å². The summed E-state index contributed by atoms with van der Waals surface area (Å²) in [5.74, 6) is -0.710. The van der Waals surface area contributed by atoms with Gasteiger partial charge in [0.2, 0.25) is 11.0 Å². The molecule has 0 bridgehead atoms. The van der Waals surface area contributed by atoms with E-state index >= 15 is 0 Å². The molecule has 2 N–H and O–H groups in total. The number of carbonyl (C=O) groups is 2. The lowest BCUT2D eigenvalue weighted by molar-refractivity contribution is -0.119. The molecule has 2 heterocycles. The second kappa shape index (κ2) is 3.73. The second-order valence-corrected chi connectivity index (χ2v) is 4.03. The Morgan fingerprint density at radius 3 is 2.87 bits per heavy atom. The van der Waals surface area contributed by atoms with Gasteiger partial charge in [0.05, 0.1) is 6.42 Å². The summed E-state index contributed by atoms with van der Waals surface area (Å²) in [5.41, 5.74) is 2.36. The van der Waals surface area contributed by atoms with E-state index < -0.39 is 5.91 Å². The minimum absolute atomic E-state index is 0.00359. The number of nitrogens with one attached hydrogen (secondary N) is 2. The van der Waals surface area contributed by atoms with Crippen molar-refractivity contribution < 1.29 is 9.59 Å². The lowest BCUT2D eigenvalue weighted by atomic mass is 10.2. The van der Waals surface area contributed by atoms with E-state index in [1.54, 1.807) is 6.92 Å². The molecule has 2 amide bonds. The molecule has 7 nitrogen and oxygen atoms in total. The van der Waals surface area contributed by atoms with Gasteiger partial charge in [-0.05, 0) is 6.92 Å². The van der Waals surface area contributed by atoms with Gasteiger partial charge < -0.3 is 0 Å². The number of aromatic nitrogens is 2. The number of carbonyl (C=O) groups excluding carboxylic acids is 2. The van der Waals surface area contributed by atoms with Gasteiger partial charge in [-0.3, -0.25) is 14.9 Å². The normalized spacial score (nSPS) is 14.7. The van der Waals surface area contributed by atoms with Crippen molar-refractivity contribution in [3.05, 3.63) is 5.01 Å². The molecular weight excluding hydrogens is 218 g/mol. The fourth-order valence-corrected chi connectivity index (χ4v) is 1.60. The van der Waals surface area contributed by atoms with E-state index in [1.807, 2.05) is 0 Å². The molecule has 0 atom stereocenters. The molecule has 1 aliphatic rings. The van der Waals surface area contributed by atoms with E-state index in [0.29, 0.717) is 5.13 Å². The summed E-state index contributed by atoms with van der Waals surface area (Å²) in [7, 11) is 0. The standard InChI is InChI=1S/C7H7N5O2S/c1-3-9-12-7(15-3)8-6(14)4-2-5(13)11-10-4/h2H2,1H3,(H,11,13)(H,8,12,14). The highest BCUT2D eigenvalue weighted by molar-refractivity contribution is 7.15. The number of hydrogen-bond acceptors (Lipinski definition) is 6. The molecule has 0 aliphatic carbocycles. The van der Waals surface area contributed by atoms with Crippen molar-refractivity contribution in [1.29, 1.82) is 0 Å². The van der Waals surface area contributed by atoms with E-state index in [2.05, 4.69) is 26.0 Å². The molecule has 0 spiro atoms. The molecule has 0 unspecified atom stereocenters. The highest BCUT2D eigenvalue weighted by Crippen LogP contribution is 2.13. The van der Waals surface area contributed by atoms with Crippen molar-refractivity contribution in [1.82, 2.24) is 15.6 Å². The molecule has 0 saturated carbocycles. The maximum absolute atomic E-state index is 11.5. The number of anilines is 1. The molecule has 78 valence electrons. The smallest absolute Gasteiger partial charge is 0.274 e. The third kappa shape index (κ3) is 2.15. The second-order valence-electron chi connectivity index (χ2n) is 2.85. The van der Waals surface area contributed by atoms with E-state index in [4.69, 9.17) is 0 Å². The number of aryl methyl sites for hydroxylation is 1. The first-order valence-corrected chi connectivity index (χ1v) is 4.93. The maximum atomic E-state index is 11.5. The molecule has 0 fully saturated rings. The van der Waals surface area contributed by atoms with Gasteiger partial charge in [-0.1, -0.05) is 11.3 Å². The first-order chi connectivity index (χ1) is 7.15. The predicted octanol–water partition coefficient (Wildman–Crippen LogP) is -0.339. The zero-order valence-corrected chi connectivity index (χ0v) is 8.59. The third-order valence-corrected chi connectivity index (χ3v) is 2.41. The van der Waals surface area contributed by atoms with Crippen molar-refractivity contribution in [3.63, 3.8) is 0 Å². The number of amides is 2. The van der Waals surface area contributed by atoms with Gasteiger partial charge in [-0.15, -0.1) is 10.2 Å². The Labute approximate surface area is 88.6 Å². The molecule has 8 heteroatoms. The summed E-state index contributed by atoms with van der Waals surface area (Å²) in [4.78, 5) is 22.3. The minimum atomic E-state index is -0.426. The van der Waals surface area contributed by atoms with Crippen LogP contribution in [0.4, 0.5) is 5.13 Å². The molecule has 1 aromatic rings. The summed E-state index contributed by atoms with van der Waals surface area (Å²) in [5, 5.41) is 14.7. The van der Waals surface area contributed by atoms with Crippen LogP contribution in [-0.2, 0) is 9.59 Å². The number of hydrogen-bond donors (Lipinski definition) is 2. The van der Waals surface area contributed by atoms with Crippen LogP contribution < -0.4 is 10.7 Å². The van der Waals surface area contributed by atoms with Crippen molar-refractivity contribution in [3.8, 4) is 0 Å². The Balaban J connectivity index is 2.01. The Kier molecular flexibility index (Phi) is 2.42. The van der Waals surface area contributed by atoms with Crippen molar-refractivity contribution in [2.24, 2.45) is 5.10 Å². The summed E-state index contributed by atoms with van der Waals surface area (Å²) in [6.07, 6.45) is 0.00359. The average Bonchev–Trinajstić information content (AvgIpc) is 2.75. The van der Waals surface area contributed by atoms with Crippen LogP contribution in [0.2, 0.25) is 0 Å². The third-order valence-electron chi connectivity index (χ3n) is 1.65. The topological polar surface area (TPSA) is 96.3 Å². The van der Waals surface area contributed by atoms with Crippen LogP contribution >= 0.6 is 11.3 Å². The van der Waals surface area contributed by atoms with Gasteiger partial charge in [0, 0.05) is 0 Å². The summed E-state index contributed by atoms with van der Waals surface area (Å²) in [6.45, 7) is 1.78. The molecule has 0 radical (unpaired) electrons. The monoisotopic (exact) mass is 225 g/mol. The molecule has 1 aromatic heterocycles. The lowest BCUT2D eigenvalue weighted by Crippen LogP contribution is -2.22. The molecule has 0 saturated heterocycles. The predicted molar refractivity (Wildman–Crippen MR) is 53.5 cm³/mol. The number of nitrogens with zero attached hydrogens (tertiary/aromatic N) is 3. The highest BCUT2D eigenvalue weighted by Gasteiger charge is 2.22. The van der Waals surface area contributed by atoms with Crippen molar-refractivity contribution >= 4 is 34.0 Å². The Hall–Kier alpha value is -1.83. The van der Waals surface area contributed by atoms with Crippen LogP contribution in [0.3, 0.4) is 0 Å². The van der Waals surface area contributed by atoms with Crippen LogP contribution in [0.1, 0.15) is 11.4 Å². The molecule has 0 aromatic carbocycles. The Morgan fingerprint density at radius 2 is 2.33 bits per heavy atom. The fraction of sp³-hybridized carbons (Fsp3) is 0.286. The van der Waals surface area contributed by atoms with Gasteiger partial charge in [-0.2, -0.15) is 5.10 Å². The maximum Gasteiger partial charge on any atom is 0.274 e. The average molecular weight is 225 g/mol. The van der Waals surface area contributed by atoms with E-state index in [-0.39, 0.29) is 18.0 Å². The summed E-state index contributed by atoms with van der Waals surface area (Å²) in [6, 6.07) is 0. The summed E-state index contributed by atoms with van der Waals surface area (Å²) < 4.78 is 0. The van der Waals surface area contributed by atoms with Crippen LogP contribution in [-0.4, -0.2) is 27.7 Å². The van der Waals surface area contributed by atoms with Crippen LogP contribution in [0, 0.1) is 6.92 Å². The number of rotatable bonds is 2. The van der Waals surface area contributed by atoms with E-state index in [0.717, 1.165) is 5.01 Å². The molecular formula is C7H7N5O2S. The Bertz CT molecular complexity index is 452. The van der Waals surface area contributed by atoms with Gasteiger partial charge in [0.1, 0.15) is 10.7 Å². The van der Waals surface area contributed by atoms with E-state index in [1.165, 1.54) is 11.3 Å². The first kappa shape index (κ1) is 9.71. The van der Waals surface area contributed by atoms with Crippen LogP contribution in [0.25, 0.3) is 0 Å². The fourth-order valence-electron chi connectivity index (χ4n) is 1.01. The van der Waals surface area contributed by atoms with Gasteiger partial charge in [0.15, 0.2) is 0 Å². The SMILES string of the molecule is Cc1nnc(NC(=O)C2=NNC(=O)C2)s1. The highest BCUT2D eigenvalue weighted by atomic mass is 32.1. The number of hydrazone groups is 1. The summed E-state index contributed by atoms with van der Waals surface area (Å²) >= 11 is 1.26. The van der Waals surface area contributed by atoms with Crippen LogP contribution in [0.5, 0.6) is 0 Å².